The van der Waals surface area contributed by atoms with Crippen molar-refractivity contribution in [1.82, 2.24) is 0 Å². The highest BCUT2D eigenvalue weighted by Crippen LogP contribution is 2.25. The van der Waals surface area contributed by atoms with Crippen molar-refractivity contribution in [2.75, 3.05) is 6.54 Å². The summed E-state index contributed by atoms with van der Waals surface area (Å²) in [4.78, 5) is 60.0. The topological polar surface area (TPSA) is 175 Å². The van der Waals surface area contributed by atoms with E-state index in [-0.39, 0.29) is 31.1 Å². The predicted molar refractivity (Wildman–Crippen MR) is 94.1 cm³/mol. The third kappa shape index (κ3) is 10.5. The van der Waals surface area contributed by atoms with Crippen LogP contribution in [-0.4, -0.2) is 70.5 Å². The molecule has 0 saturated heterocycles. The molecule has 0 saturated carbocycles. The van der Waals surface area contributed by atoms with Crippen molar-refractivity contribution in [3.63, 3.8) is 0 Å². The molecule has 0 bridgehead atoms. The molecule has 0 aliphatic carbocycles. The second-order valence-electron chi connectivity index (χ2n) is 5.79. The summed E-state index contributed by atoms with van der Waals surface area (Å²) < 4.78 is 15.6. The van der Waals surface area contributed by atoms with Crippen LogP contribution in [0.4, 0.5) is 0 Å². The molecule has 0 fully saturated rings. The van der Waals surface area contributed by atoms with Crippen LogP contribution in [0.25, 0.3) is 0 Å². The SMILES string of the molecule is CCC[Si](O)(O)O[Si](C)(O[Si](O)(O)CCC)O[Si](O)(O)CCCN. The molecular weight excluding hydrogens is 390 g/mol. The first-order valence-electron chi connectivity index (χ1n) is 7.95. The minimum atomic E-state index is -4.27. The minimum absolute atomic E-state index is 0.0598. The summed E-state index contributed by atoms with van der Waals surface area (Å²) in [6.45, 7) is 4.83. The van der Waals surface area contributed by atoms with Crippen LogP contribution in [0.3, 0.4) is 0 Å². The number of nitrogens with two attached hydrogens (primary N) is 1. The quantitative estimate of drug-likeness (QED) is 0.174. The van der Waals surface area contributed by atoms with Gasteiger partial charge in [-0.05, 0) is 13.0 Å². The van der Waals surface area contributed by atoms with E-state index in [1.165, 1.54) is 6.55 Å². The van der Waals surface area contributed by atoms with E-state index >= 15 is 0 Å². The molecule has 14 heteroatoms. The maximum absolute atomic E-state index is 10.0. The van der Waals surface area contributed by atoms with Gasteiger partial charge in [0.1, 0.15) is 0 Å². The average molecular weight is 422 g/mol. The lowest BCUT2D eigenvalue weighted by atomic mass is 10.5. The Bertz CT molecular complexity index is 352. The van der Waals surface area contributed by atoms with E-state index in [4.69, 9.17) is 18.1 Å². The van der Waals surface area contributed by atoms with Crippen LogP contribution in [0.1, 0.15) is 33.1 Å². The van der Waals surface area contributed by atoms with Crippen molar-refractivity contribution in [3.8, 4) is 0 Å². The van der Waals surface area contributed by atoms with Crippen LogP contribution in [0.5, 0.6) is 0 Å². The van der Waals surface area contributed by atoms with Gasteiger partial charge in [-0.3, -0.25) is 0 Å². The highest BCUT2D eigenvalue weighted by Gasteiger charge is 2.56. The van der Waals surface area contributed by atoms with Gasteiger partial charge in [-0.1, -0.05) is 26.7 Å². The highest BCUT2D eigenvalue weighted by atomic mass is 28.5. The molecule has 0 aliphatic heterocycles. The molecule has 8 N–H and O–H groups in total. The Morgan fingerprint density at radius 2 is 1.04 bits per heavy atom. The van der Waals surface area contributed by atoms with Gasteiger partial charge in [0.05, 0.1) is 0 Å². The predicted octanol–water partition coefficient (Wildman–Crippen LogP) is -1.46. The third-order valence-corrected chi connectivity index (χ3v) is 14.6. The van der Waals surface area contributed by atoms with E-state index in [9.17, 15) is 28.8 Å². The van der Waals surface area contributed by atoms with Crippen molar-refractivity contribution >= 4 is 35.2 Å². The standard InChI is InChI=1S/C10H31NO9Si4/c1-4-8-22(12,13)18-21(3,19-23(14,15)9-5-2)20-24(16,17)10-6-7-11/h12-17H,4-11H2,1-3H3. The first kappa shape index (κ1) is 24.5. The summed E-state index contributed by atoms with van der Waals surface area (Å²) in [7, 11) is -16.8. The minimum Gasteiger partial charge on any atom is -0.390 e. The molecule has 0 aliphatic rings. The van der Waals surface area contributed by atoms with Gasteiger partial charge in [-0.15, -0.1) is 0 Å². The van der Waals surface area contributed by atoms with Crippen LogP contribution in [-0.2, 0) is 12.3 Å². The Morgan fingerprint density at radius 1 is 0.708 bits per heavy atom. The zero-order chi connectivity index (χ0) is 19.1. The zero-order valence-corrected chi connectivity index (χ0v) is 18.4. The van der Waals surface area contributed by atoms with Gasteiger partial charge >= 0.3 is 35.2 Å². The summed E-state index contributed by atoms with van der Waals surface area (Å²) in [6, 6.07) is -0.261. The third-order valence-electron chi connectivity index (χ3n) is 2.90. The summed E-state index contributed by atoms with van der Waals surface area (Å²) in [5.41, 5.74) is 5.33. The Balaban J connectivity index is 5.33. The van der Waals surface area contributed by atoms with E-state index in [1.54, 1.807) is 13.8 Å². The van der Waals surface area contributed by atoms with Gasteiger partial charge in [-0.2, -0.15) is 0 Å². The van der Waals surface area contributed by atoms with Crippen molar-refractivity contribution in [2.45, 2.75) is 57.8 Å². The summed E-state index contributed by atoms with van der Waals surface area (Å²) >= 11 is 0. The Morgan fingerprint density at radius 3 is 1.33 bits per heavy atom. The Hall–Kier alpha value is 0.468. The van der Waals surface area contributed by atoms with Crippen LogP contribution >= 0.6 is 0 Å². The smallest absolute Gasteiger partial charge is 0.390 e. The second kappa shape index (κ2) is 9.97. The molecule has 0 rings (SSSR count). The van der Waals surface area contributed by atoms with Gasteiger partial charge in [0.15, 0.2) is 0 Å². The molecule has 10 nitrogen and oxygen atoms in total. The van der Waals surface area contributed by atoms with Crippen molar-refractivity contribution in [1.29, 1.82) is 0 Å². The molecular formula is C10H31NO9Si4. The van der Waals surface area contributed by atoms with Gasteiger partial charge in [-0.25, -0.2) is 0 Å². The lowest BCUT2D eigenvalue weighted by molar-refractivity contribution is 0.106. The largest absolute Gasteiger partial charge is 0.488 e. The molecule has 0 spiro atoms. The van der Waals surface area contributed by atoms with Crippen LogP contribution in [0.2, 0.25) is 24.7 Å². The monoisotopic (exact) mass is 421 g/mol. The van der Waals surface area contributed by atoms with Crippen LogP contribution in [0.15, 0.2) is 0 Å². The molecule has 0 heterocycles. The van der Waals surface area contributed by atoms with E-state index in [0.717, 1.165) is 0 Å². The van der Waals surface area contributed by atoms with Gasteiger partial charge in [0, 0.05) is 24.7 Å². The number of hydrogen-bond donors (Lipinski definition) is 7. The van der Waals surface area contributed by atoms with Crippen molar-refractivity contribution in [3.05, 3.63) is 0 Å². The normalized spacial score (nSPS) is 14.2. The van der Waals surface area contributed by atoms with Crippen molar-refractivity contribution in [2.24, 2.45) is 5.73 Å². The number of hydrogen-bond acceptors (Lipinski definition) is 10. The zero-order valence-electron chi connectivity index (χ0n) is 14.4. The molecule has 0 atom stereocenters. The lowest BCUT2D eigenvalue weighted by Gasteiger charge is -2.37. The molecule has 0 unspecified atom stereocenters. The Kier molecular flexibility index (Phi) is 10.2. The highest BCUT2D eigenvalue weighted by molar-refractivity contribution is 6.83. The Labute approximate surface area is 146 Å². The van der Waals surface area contributed by atoms with Gasteiger partial charge in [0.25, 0.3) is 0 Å². The molecule has 0 aromatic rings. The second-order valence-corrected chi connectivity index (χ2v) is 15.9. The van der Waals surface area contributed by atoms with Crippen LogP contribution < -0.4 is 5.73 Å². The molecule has 146 valence electrons. The van der Waals surface area contributed by atoms with E-state index in [1.807, 2.05) is 0 Å². The summed E-state index contributed by atoms with van der Waals surface area (Å²) in [5.74, 6) is 0. The van der Waals surface area contributed by atoms with Crippen LogP contribution in [0, 0.1) is 0 Å². The molecule has 0 aromatic heterocycles. The molecule has 24 heavy (non-hydrogen) atoms. The first-order chi connectivity index (χ1) is 10.8. The fourth-order valence-electron chi connectivity index (χ4n) is 2.09. The number of rotatable bonds is 13. The average Bonchev–Trinajstić information content (AvgIpc) is 2.32. The van der Waals surface area contributed by atoms with E-state index < -0.39 is 35.2 Å². The molecule has 0 amide bonds. The van der Waals surface area contributed by atoms with E-state index in [0.29, 0.717) is 12.8 Å². The first-order valence-corrected chi connectivity index (χ1v) is 16.2. The molecule has 0 radical (unpaired) electrons. The maximum atomic E-state index is 10.0. The molecule has 0 aromatic carbocycles. The van der Waals surface area contributed by atoms with Gasteiger partial charge in [0.2, 0.25) is 0 Å². The summed E-state index contributed by atoms with van der Waals surface area (Å²) in [5, 5.41) is 0. The fourth-order valence-corrected chi connectivity index (χ4v) is 14.0. The van der Waals surface area contributed by atoms with E-state index in [2.05, 4.69) is 0 Å². The van der Waals surface area contributed by atoms with Gasteiger partial charge < -0.3 is 46.9 Å². The lowest BCUT2D eigenvalue weighted by Crippen LogP contribution is -2.64. The van der Waals surface area contributed by atoms with Crippen molar-refractivity contribution < 1.29 is 41.1 Å². The summed E-state index contributed by atoms with van der Waals surface area (Å²) in [6.07, 6.45) is 1.09. The fraction of sp³-hybridized carbons (Fsp3) is 1.00. The maximum Gasteiger partial charge on any atom is 0.488 e.